The third-order valence-electron chi connectivity index (χ3n) is 2.63. The molecule has 1 aromatic carbocycles. The van der Waals surface area contributed by atoms with Gasteiger partial charge in [-0.1, -0.05) is 28.1 Å². The highest BCUT2D eigenvalue weighted by atomic mass is 79.9. The van der Waals surface area contributed by atoms with Gasteiger partial charge in [0.1, 0.15) is 0 Å². The van der Waals surface area contributed by atoms with E-state index in [1.807, 2.05) is 24.3 Å². The van der Waals surface area contributed by atoms with Crippen molar-refractivity contribution in [2.45, 2.75) is 18.4 Å². The van der Waals surface area contributed by atoms with Crippen LogP contribution in [0.2, 0.25) is 0 Å². The molecular weight excluding hydrogens is 279 g/mol. The second-order valence-electron chi connectivity index (χ2n) is 3.61. The van der Waals surface area contributed by atoms with Gasteiger partial charge in [0.15, 0.2) is 5.60 Å². The summed E-state index contributed by atoms with van der Waals surface area (Å²) in [6, 6.07) is 7.72. The summed E-state index contributed by atoms with van der Waals surface area (Å²) in [7, 11) is 0. The minimum Gasteiger partial charge on any atom is -0.453 e. The van der Waals surface area contributed by atoms with Crippen LogP contribution in [-0.2, 0) is 15.1 Å². The van der Waals surface area contributed by atoms with Gasteiger partial charge in [-0.25, -0.2) is 0 Å². The Balaban J connectivity index is 2.34. The lowest BCUT2D eigenvalue weighted by Crippen LogP contribution is -2.27. The maximum Gasteiger partial charge on any atom is 0.306 e. The Bertz CT molecular complexity index is 377. The van der Waals surface area contributed by atoms with Crippen molar-refractivity contribution >= 4 is 33.5 Å². The van der Waals surface area contributed by atoms with Crippen LogP contribution in [0.4, 0.5) is 0 Å². The number of benzene rings is 1. The summed E-state index contributed by atoms with van der Waals surface area (Å²) in [5.41, 5.74) is 0.353. The van der Waals surface area contributed by atoms with Gasteiger partial charge in [-0.15, -0.1) is 11.6 Å². The Morgan fingerprint density at radius 2 is 2.07 bits per heavy atom. The van der Waals surface area contributed by atoms with E-state index in [4.69, 9.17) is 16.3 Å². The number of cyclic esters (lactones) is 1. The molecule has 0 saturated carbocycles. The number of carbonyl (C=O) groups is 1. The van der Waals surface area contributed by atoms with Gasteiger partial charge >= 0.3 is 5.97 Å². The minimum absolute atomic E-state index is 0.168. The zero-order chi connectivity index (χ0) is 10.9. The van der Waals surface area contributed by atoms with Crippen molar-refractivity contribution in [3.05, 3.63) is 34.3 Å². The molecule has 0 bridgehead atoms. The average molecular weight is 290 g/mol. The molecule has 0 radical (unpaired) electrons. The summed E-state index contributed by atoms with van der Waals surface area (Å²) in [5.74, 6) is 0.138. The predicted molar refractivity (Wildman–Crippen MR) is 61.9 cm³/mol. The van der Waals surface area contributed by atoms with Gasteiger partial charge in [0.25, 0.3) is 0 Å². The Labute approximate surface area is 102 Å². The Morgan fingerprint density at radius 3 is 2.53 bits per heavy atom. The van der Waals surface area contributed by atoms with E-state index in [0.717, 1.165) is 10.0 Å². The number of hydrogen-bond acceptors (Lipinski definition) is 2. The zero-order valence-electron chi connectivity index (χ0n) is 8.00. The average Bonchev–Trinajstić information content (AvgIpc) is 2.62. The molecule has 80 valence electrons. The first kappa shape index (κ1) is 11.0. The van der Waals surface area contributed by atoms with E-state index in [1.165, 1.54) is 0 Å². The molecule has 1 fully saturated rings. The number of alkyl halides is 1. The van der Waals surface area contributed by atoms with E-state index in [9.17, 15) is 4.79 Å². The van der Waals surface area contributed by atoms with Gasteiger partial charge in [0, 0.05) is 17.3 Å². The van der Waals surface area contributed by atoms with Crippen molar-refractivity contribution in [3.63, 3.8) is 0 Å². The molecule has 0 aliphatic carbocycles. The maximum atomic E-state index is 11.2. The van der Waals surface area contributed by atoms with Gasteiger partial charge in [-0.05, 0) is 17.7 Å². The third kappa shape index (κ3) is 2.04. The first-order valence-corrected chi connectivity index (χ1v) is 6.03. The molecule has 0 amide bonds. The maximum absolute atomic E-state index is 11.2. The highest BCUT2D eigenvalue weighted by Gasteiger charge is 2.41. The largest absolute Gasteiger partial charge is 0.453 e. The molecule has 1 aliphatic rings. The van der Waals surface area contributed by atoms with Crippen molar-refractivity contribution in [1.82, 2.24) is 0 Å². The van der Waals surface area contributed by atoms with E-state index in [-0.39, 0.29) is 5.97 Å². The first-order chi connectivity index (χ1) is 7.16. The number of carbonyl (C=O) groups excluding carboxylic acids is 1. The fraction of sp³-hybridized carbons (Fsp3) is 0.364. The molecule has 4 heteroatoms. The standard InChI is InChI=1S/C11H10BrClO2/c12-9-3-1-8(2-4-9)11(7-13)6-5-10(14)15-11/h1-4H,5-7H2/t11-/m1/s1. The highest BCUT2D eigenvalue weighted by molar-refractivity contribution is 9.10. The quantitative estimate of drug-likeness (QED) is 0.617. The predicted octanol–water partition coefficient (Wildman–Crippen LogP) is 3.22. The number of hydrogen-bond donors (Lipinski definition) is 0. The molecular formula is C11H10BrClO2. The summed E-state index contributed by atoms with van der Waals surface area (Å²) in [6.45, 7) is 0. The summed E-state index contributed by atoms with van der Waals surface area (Å²) in [6.07, 6.45) is 1.11. The topological polar surface area (TPSA) is 26.3 Å². The van der Waals surface area contributed by atoms with Crippen LogP contribution in [0.1, 0.15) is 18.4 Å². The van der Waals surface area contributed by atoms with E-state index in [1.54, 1.807) is 0 Å². The SMILES string of the molecule is O=C1CC[C@@](CCl)(c2ccc(Br)cc2)O1. The van der Waals surface area contributed by atoms with E-state index in [2.05, 4.69) is 15.9 Å². The Hall–Kier alpha value is -0.540. The smallest absolute Gasteiger partial charge is 0.306 e. The van der Waals surface area contributed by atoms with E-state index < -0.39 is 5.60 Å². The zero-order valence-corrected chi connectivity index (χ0v) is 10.3. The van der Waals surface area contributed by atoms with Crippen LogP contribution in [0.15, 0.2) is 28.7 Å². The van der Waals surface area contributed by atoms with Gasteiger partial charge < -0.3 is 4.74 Å². The van der Waals surface area contributed by atoms with Crippen molar-refractivity contribution in [2.24, 2.45) is 0 Å². The fourth-order valence-electron chi connectivity index (χ4n) is 1.75. The lowest BCUT2D eigenvalue weighted by Gasteiger charge is -2.25. The van der Waals surface area contributed by atoms with Crippen LogP contribution in [0.3, 0.4) is 0 Å². The van der Waals surface area contributed by atoms with E-state index >= 15 is 0 Å². The lowest BCUT2D eigenvalue weighted by atomic mass is 9.93. The van der Waals surface area contributed by atoms with Crippen LogP contribution < -0.4 is 0 Å². The normalized spacial score (nSPS) is 25.3. The molecule has 0 unspecified atom stereocenters. The molecule has 2 nitrogen and oxygen atoms in total. The number of esters is 1. The van der Waals surface area contributed by atoms with E-state index in [0.29, 0.717) is 18.7 Å². The molecule has 1 aromatic rings. The molecule has 0 N–H and O–H groups in total. The highest BCUT2D eigenvalue weighted by Crippen LogP contribution is 2.38. The number of halogens is 2. The van der Waals surface area contributed by atoms with Crippen molar-refractivity contribution in [3.8, 4) is 0 Å². The van der Waals surface area contributed by atoms with Gasteiger partial charge in [-0.3, -0.25) is 4.79 Å². The van der Waals surface area contributed by atoms with Crippen LogP contribution in [-0.4, -0.2) is 11.8 Å². The summed E-state index contributed by atoms with van der Waals surface area (Å²) >= 11 is 9.28. The van der Waals surface area contributed by atoms with Crippen molar-refractivity contribution in [2.75, 3.05) is 5.88 Å². The van der Waals surface area contributed by atoms with Crippen molar-refractivity contribution < 1.29 is 9.53 Å². The molecule has 1 atom stereocenters. The minimum atomic E-state index is -0.612. The van der Waals surface area contributed by atoms with Crippen LogP contribution in [0.25, 0.3) is 0 Å². The summed E-state index contributed by atoms with van der Waals surface area (Å²) in [4.78, 5) is 11.2. The summed E-state index contributed by atoms with van der Waals surface area (Å²) in [5, 5.41) is 0. The molecule has 0 aromatic heterocycles. The fourth-order valence-corrected chi connectivity index (χ4v) is 2.36. The molecule has 1 saturated heterocycles. The summed E-state index contributed by atoms with van der Waals surface area (Å²) < 4.78 is 6.34. The molecule has 0 spiro atoms. The third-order valence-corrected chi connectivity index (χ3v) is 3.59. The van der Waals surface area contributed by atoms with Gasteiger partial charge in [-0.2, -0.15) is 0 Å². The number of rotatable bonds is 2. The Morgan fingerprint density at radius 1 is 1.40 bits per heavy atom. The molecule has 15 heavy (non-hydrogen) atoms. The van der Waals surface area contributed by atoms with Crippen LogP contribution in [0, 0.1) is 0 Å². The van der Waals surface area contributed by atoms with Crippen LogP contribution in [0.5, 0.6) is 0 Å². The van der Waals surface area contributed by atoms with Gasteiger partial charge in [0.05, 0.1) is 5.88 Å². The lowest BCUT2D eigenvalue weighted by molar-refractivity contribution is -0.147. The number of ether oxygens (including phenoxy) is 1. The monoisotopic (exact) mass is 288 g/mol. The second kappa shape index (κ2) is 4.14. The van der Waals surface area contributed by atoms with Gasteiger partial charge in [0.2, 0.25) is 0 Å². The Kier molecular flexibility index (Phi) is 3.03. The van der Waals surface area contributed by atoms with Crippen molar-refractivity contribution in [1.29, 1.82) is 0 Å². The molecule has 2 rings (SSSR count). The first-order valence-electron chi connectivity index (χ1n) is 4.70. The molecule has 1 aliphatic heterocycles. The molecule has 1 heterocycles. The second-order valence-corrected chi connectivity index (χ2v) is 4.79. The van der Waals surface area contributed by atoms with Crippen LogP contribution >= 0.6 is 27.5 Å².